The number of anilines is 1. The van der Waals surface area contributed by atoms with Gasteiger partial charge in [0, 0.05) is 19.9 Å². The first kappa shape index (κ1) is 15.3. The van der Waals surface area contributed by atoms with Crippen LogP contribution >= 0.6 is 31.9 Å². The fourth-order valence-electron chi connectivity index (χ4n) is 1.69. The minimum absolute atomic E-state index is 0.209. The molecule has 1 aromatic carbocycles. The summed E-state index contributed by atoms with van der Waals surface area (Å²) in [4.78, 5) is 0. The molecule has 0 saturated heterocycles. The van der Waals surface area contributed by atoms with Crippen LogP contribution in [-0.4, -0.2) is 28.6 Å². The van der Waals surface area contributed by atoms with Gasteiger partial charge < -0.3 is 15.2 Å². The van der Waals surface area contributed by atoms with Gasteiger partial charge in [-0.1, -0.05) is 0 Å². The fourth-order valence-corrected chi connectivity index (χ4v) is 2.97. The molecule has 108 valence electrons. The molecule has 0 atom stereocenters. The van der Waals surface area contributed by atoms with Crippen molar-refractivity contribution in [3.63, 3.8) is 0 Å². The van der Waals surface area contributed by atoms with Gasteiger partial charge in [0.1, 0.15) is 5.75 Å². The number of aromatic nitrogens is 2. The monoisotopic (exact) mass is 403 g/mol. The first-order chi connectivity index (χ1) is 9.60. The third kappa shape index (κ3) is 3.97. The largest absolute Gasteiger partial charge is 0.506 e. The van der Waals surface area contributed by atoms with E-state index in [1.165, 1.54) is 0 Å². The summed E-state index contributed by atoms with van der Waals surface area (Å²) in [6.07, 6.45) is 3.71. The van der Waals surface area contributed by atoms with Crippen molar-refractivity contribution in [1.29, 1.82) is 0 Å². The lowest BCUT2D eigenvalue weighted by Gasteiger charge is -2.07. The number of nitrogens with zero attached hydrogens (tertiary/aromatic N) is 2. The number of aromatic hydroxyl groups is 1. The molecule has 2 N–H and O–H groups in total. The second kappa shape index (κ2) is 7.10. The number of hydrogen-bond donors (Lipinski definition) is 2. The van der Waals surface area contributed by atoms with Crippen LogP contribution in [-0.2, 0) is 17.8 Å². The quantitative estimate of drug-likeness (QED) is 0.774. The summed E-state index contributed by atoms with van der Waals surface area (Å²) in [6.45, 7) is 2.01. The van der Waals surface area contributed by atoms with Crippen molar-refractivity contribution in [2.45, 2.75) is 13.1 Å². The SMILES string of the molecule is COCCn1cc(NCc2cc(Br)c(O)c(Br)c2)cn1. The van der Waals surface area contributed by atoms with Crippen LogP contribution in [0.3, 0.4) is 0 Å². The lowest BCUT2D eigenvalue weighted by atomic mass is 10.2. The Morgan fingerprint density at radius 2 is 2.05 bits per heavy atom. The molecule has 0 fully saturated rings. The molecule has 0 aliphatic carbocycles. The molecule has 0 spiro atoms. The predicted octanol–water partition coefficient (Wildman–Crippen LogP) is 3.37. The van der Waals surface area contributed by atoms with Crippen molar-refractivity contribution in [3.8, 4) is 5.75 Å². The molecule has 5 nitrogen and oxygen atoms in total. The Morgan fingerprint density at radius 3 is 2.70 bits per heavy atom. The maximum absolute atomic E-state index is 9.66. The van der Waals surface area contributed by atoms with Crippen LogP contribution in [0.4, 0.5) is 5.69 Å². The summed E-state index contributed by atoms with van der Waals surface area (Å²) in [6, 6.07) is 3.75. The van der Waals surface area contributed by atoms with Gasteiger partial charge in [-0.3, -0.25) is 4.68 Å². The van der Waals surface area contributed by atoms with Crippen molar-refractivity contribution in [3.05, 3.63) is 39.0 Å². The molecule has 0 aliphatic heterocycles. The minimum Gasteiger partial charge on any atom is -0.506 e. The Balaban J connectivity index is 1.96. The maximum Gasteiger partial charge on any atom is 0.143 e. The van der Waals surface area contributed by atoms with E-state index in [2.05, 4.69) is 42.3 Å². The number of hydrogen-bond acceptors (Lipinski definition) is 4. The fraction of sp³-hybridized carbons (Fsp3) is 0.308. The van der Waals surface area contributed by atoms with Gasteiger partial charge in [-0.25, -0.2) is 0 Å². The summed E-state index contributed by atoms with van der Waals surface area (Å²) in [5.74, 6) is 0.209. The topological polar surface area (TPSA) is 59.3 Å². The molecule has 7 heteroatoms. The van der Waals surface area contributed by atoms with Gasteiger partial charge in [-0.2, -0.15) is 5.10 Å². The van der Waals surface area contributed by atoms with Crippen molar-refractivity contribution in [2.24, 2.45) is 0 Å². The standard InChI is InChI=1S/C13H15Br2N3O2/c1-20-3-2-18-8-10(7-17-18)16-6-9-4-11(14)13(19)12(15)5-9/h4-5,7-8,16,19H,2-3,6H2,1H3. The maximum atomic E-state index is 9.66. The van der Waals surface area contributed by atoms with E-state index in [0.717, 1.165) is 17.8 Å². The van der Waals surface area contributed by atoms with E-state index < -0.39 is 0 Å². The lowest BCUT2D eigenvalue weighted by Crippen LogP contribution is -2.04. The van der Waals surface area contributed by atoms with E-state index in [0.29, 0.717) is 22.1 Å². The zero-order chi connectivity index (χ0) is 14.5. The molecular weight excluding hydrogens is 390 g/mol. The third-order valence-electron chi connectivity index (χ3n) is 2.73. The summed E-state index contributed by atoms with van der Waals surface area (Å²) in [7, 11) is 1.67. The summed E-state index contributed by atoms with van der Waals surface area (Å²) in [5, 5.41) is 17.2. The van der Waals surface area contributed by atoms with Crippen molar-refractivity contribution >= 4 is 37.5 Å². The van der Waals surface area contributed by atoms with Gasteiger partial charge in [0.05, 0.1) is 34.0 Å². The molecule has 20 heavy (non-hydrogen) atoms. The Bertz CT molecular complexity index is 564. The average molecular weight is 405 g/mol. The number of methoxy groups -OCH3 is 1. The van der Waals surface area contributed by atoms with Gasteiger partial charge in [-0.05, 0) is 49.6 Å². The molecule has 2 rings (SSSR count). The Kier molecular flexibility index (Phi) is 5.45. The second-order valence-corrected chi connectivity index (χ2v) is 5.96. The van der Waals surface area contributed by atoms with Crippen molar-refractivity contribution in [1.82, 2.24) is 9.78 Å². The first-order valence-corrected chi connectivity index (χ1v) is 7.61. The molecule has 1 heterocycles. The predicted molar refractivity (Wildman–Crippen MR) is 84.9 cm³/mol. The number of phenolic OH excluding ortho intramolecular Hbond substituents is 1. The van der Waals surface area contributed by atoms with Gasteiger partial charge in [0.2, 0.25) is 0 Å². The van der Waals surface area contributed by atoms with Crippen LogP contribution in [0.1, 0.15) is 5.56 Å². The molecule has 1 aromatic heterocycles. The Labute approximate surface area is 134 Å². The van der Waals surface area contributed by atoms with Crippen molar-refractivity contribution in [2.75, 3.05) is 19.0 Å². The van der Waals surface area contributed by atoms with Gasteiger partial charge in [0.25, 0.3) is 0 Å². The number of halogens is 2. The van der Waals surface area contributed by atoms with Crippen LogP contribution < -0.4 is 5.32 Å². The first-order valence-electron chi connectivity index (χ1n) is 6.02. The number of phenols is 1. The molecular formula is C13H15Br2N3O2. The average Bonchev–Trinajstić information content (AvgIpc) is 2.88. The van der Waals surface area contributed by atoms with Crippen LogP contribution in [0, 0.1) is 0 Å². The summed E-state index contributed by atoms with van der Waals surface area (Å²) < 4.78 is 8.17. The molecule has 0 amide bonds. The van der Waals surface area contributed by atoms with E-state index in [4.69, 9.17) is 4.74 Å². The number of ether oxygens (including phenoxy) is 1. The highest BCUT2D eigenvalue weighted by molar-refractivity contribution is 9.11. The van der Waals surface area contributed by atoms with E-state index in [1.807, 2.05) is 23.0 Å². The third-order valence-corrected chi connectivity index (χ3v) is 3.94. The molecule has 0 radical (unpaired) electrons. The Hall–Kier alpha value is -1.05. The normalized spacial score (nSPS) is 10.8. The molecule has 0 bridgehead atoms. The van der Waals surface area contributed by atoms with Crippen LogP contribution in [0.2, 0.25) is 0 Å². The summed E-state index contributed by atoms with van der Waals surface area (Å²) >= 11 is 6.64. The zero-order valence-corrected chi connectivity index (χ0v) is 14.1. The minimum atomic E-state index is 0.209. The van der Waals surface area contributed by atoms with E-state index >= 15 is 0 Å². The molecule has 0 unspecified atom stereocenters. The van der Waals surface area contributed by atoms with E-state index in [1.54, 1.807) is 13.3 Å². The van der Waals surface area contributed by atoms with Gasteiger partial charge in [-0.15, -0.1) is 0 Å². The highest BCUT2D eigenvalue weighted by Crippen LogP contribution is 2.33. The molecule has 0 saturated carbocycles. The Morgan fingerprint density at radius 1 is 1.35 bits per heavy atom. The van der Waals surface area contributed by atoms with E-state index in [-0.39, 0.29) is 5.75 Å². The van der Waals surface area contributed by atoms with Gasteiger partial charge >= 0.3 is 0 Å². The zero-order valence-electron chi connectivity index (χ0n) is 10.9. The highest BCUT2D eigenvalue weighted by Gasteiger charge is 2.06. The van der Waals surface area contributed by atoms with Crippen LogP contribution in [0.5, 0.6) is 5.75 Å². The highest BCUT2D eigenvalue weighted by atomic mass is 79.9. The lowest BCUT2D eigenvalue weighted by molar-refractivity contribution is 0.183. The molecule has 2 aromatic rings. The van der Waals surface area contributed by atoms with Gasteiger partial charge in [0.15, 0.2) is 0 Å². The number of rotatable bonds is 6. The smallest absolute Gasteiger partial charge is 0.143 e. The van der Waals surface area contributed by atoms with E-state index in [9.17, 15) is 5.11 Å². The van der Waals surface area contributed by atoms with Crippen LogP contribution in [0.15, 0.2) is 33.5 Å². The second-order valence-electron chi connectivity index (χ2n) is 4.25. The van der Waals surface area contributed by atoms with Crippen LogP contribution in [0.25, 0.3) is 0 Å². The molecule has 0 aliphatic rings. The summed E-state index contributed by atoms with van der Waals surface area (Å²) in [5.41, 5.74) is 1.99. The number of nitrogens with one attached hydrogen (secondary N) is 1. The van der Waals surface area contributed by atoms with Crippen molar-refractivity contribution < 1.29 is 9.84 Å². The number of benzene rings is 1.